The van der Waals surface area contributed by atoms with Crippen molar-refractivity contribution in [2.75, 3.05) is 5.73 Å². The fraction of sp³-hybridized carbons (Fsp3) is 0. The molecule has 3 aromatic rings. The Morgan fingerprint density at radius 1 is 1.00 bits per heavy atom. The van der Waals surface area contributed by atoms with E-state index >= 15 is 0 Å². The number of nitrogens with zero attached hydrogens (tertiary/aromatic N) is 2. The van der Waals surface area contributed by atoms with Gasteiger partial charge in [-0.2, -0.15) is 5.10 Å². The van der Waals surface area contributed by atoms with E-state index in [0.29, 0.717) is 22.9 Å². The van der Waals surface area contributed by atoms with Crippen molar-refractivity contribution in [2.24, 2.45) is 0 Å². The summed E-state index contributed by atoms with van der Waals surface area (Å²) in [6.07, 6.45) is 0. The van der Waals surface area contributed by atoms with E-state index in [1.54, 1.807) is 18.2 Å². The van der Waals surface area contributed by atoms with E-state index in [9.17, 15) is 5.11 Å². The molecule has 3 rings (SSSR count). The highest BCUT2D eigenvalue weighted by Crippen LogP contribution is 2.32. The van der Waals surface area contributed by atoms with Crippen molar-refractivity contribution in [3.63, 3.8) is 0 Å². The second-order valence-electron chi connectivity index (χ2n) is 4.12. The highest BCUT2D eigenvalue weighted by atomic mass is 16.3. The molecule has 0 spiro atoms. The number of phenols is 1. The maximum Gasteiger partial charge on any atom is 0.181 e. The van der Waals surface area contributed by atoms with Gasteiger partial charge in [-0.25, -0.2) is 4.98 Å². The number of H-pyrrole nitrogens is 1. The van der Waals surface area contributed by atoms with Gasteiger partial charge in [-0.05, 0) is 12.1 Å². The van der Waals surface area contributed by atoms with E-state index in [2.05, 4.69) is 15.2 Å². The smallest absolute Gasteiger partial charge is 0.181 e. The maximum absolute atomic E-state index is 9.92. The lowest BCUT2D eigenvalue weighted by Gasteiger charge is -2.02. The quantitative estimate of drug-likeness (QED) is 0.483. The maximum atomic E-state index is 9.92. The number of aromatic amines is 1. The molecular formula is C14H12N4O. The zero-order valence-corrected chi connectivity index (χ0v) is 10.0. The lowest BCUT2D eigenvalue weighted by Crippen LogP contribution is -1.89. The lowest BCUT2D eigenvalue weighted by atomic mass is 10.1. The largest absolute Gasteiger partial charge is 0.505 e. The van der Waals surface area contributed by atoms with Crippen LogP contribution in [0.15, 0.2) is 48.5 Å². The van der Waals surface area contributed by atoms with Crippen LogP contribution < -0.4 is 5.73 Å². The number of nitrogens with one attached hydrogen (secondary N) is 1. The number of nitrogens with two attached hydrogens (primary N) is 1. The van der Waals surface area contributed by atoms with Gasteiger partial charge in [-0.15, -0.1) is 0 Å². The average Bonchev–Trinajstić information content (AvgIpc) is 2.92. The Bertz CT molecular complexity index is 706. The SMILES string of the molecule is Nc1cccc(-c2nc(-c3ccccc3)n[nH]2)c1O. The number of hydrogen-bond donors (Lipinski definition) is 3. The molecule has 5 nitrogen and oxygen atoms in total. The van der Waals surface area contributed by atoms with Crippen molar-refractivity contribution in [3.8, 4) is 28.5 Å². The highest BCUT2D eigenvalue weighted by Gasteiger charge is 2.12. The number of aromatic nitrogens is 3. The number of hydrogen-bond acceptors (Lipinski definition) is 4. The molecule has 0 fully saturated rings. The Morgan fingerprint density at radius 2 is 1.79 bits per heavy atom. The van der Waals surface area contributed by atoms with Crippen LogP contribution in [0, 0.1) is 0 Å². The van der Waals surface area contributed by atoms with Crippen LogP contribution in [0.3, 0.4) is 0 Å². The van der Waals surface area contributed by atoms with Crippen molar-refractivity contribution >= 4 is 5.69 Å². The number of rotatable bonds is 2. The topological polar surface area (TPSA) is 87.8 Å². The molecule has 0 amide bonds. The van der Waals surface area contributed by atoms with Gasteiger partial charge in [0.05, 0.1) is 11.3 Å². The van der Waals surface area contributed by atoms with Crippen molar-refractivity contribution in [1.29, 1.82) is 0 Å². The molecule has 0 aliphatic heterocycles. The summed E-state index contributed by atoms with van der Waals surface area (Å²) >= 11 is 0. The van der Waals surface area contributed by atoms with Gasteiger partial charge in [0.15, 0.2) is 11.6 Å². The number of para-hydroxylation sites is 1. The lowest BCUT2D eigenvalue weighted by molar-refractivity contribution is 0.479. The first-order valence-electron chi connectivity index (χ1n) is 5.81. The van der Waals surface area contributed by atoms with Crippen LogP contribution >= 0.6 is 0 Å². The van der Waals surface area contributed by atoms with Crippen molar-refractivity contribution in [2.45, 2.75) is 0 Å². The number of benzene rings is 2. The van der Waals surface area contributed by atoms with Gasteiger partial charge in [-0.1, -0.05) is 36.4 Å². The molecule has 4 N–H and O–H groups in total. The molecular weight excluding hydrogens is 240 g/mol. The molecule has 0 unspecified atom stereocenters. The summed E-state index contributed by atoms with van der Waals surface area (Å²) in [6.45, 7) is 0. The highest BCUT2D eigenvalue weighted by molar-refractivity contribution is 5.73. The Balaban J connectivity index is 2.05. The van der Waals surface area contributed by atoms with Crippen LogP contribution in [-0.4, -0.2) is 20.3 Å². The van der Waals surface area contributed by atoms with Crippen molar-refractivity contribution in [3.05, 3.63) is 48.5 Å². The van der Waals surface area contributed by atoms with Gasteiger partial charge in [0, 0.05) is 5.56 Å². The Morgan fingerprint density at radius 3 is 2.58 bits per heavy atom. The minimum atomic E-state index is 0.0123. The Labute approximate surface area is 109 Å². The Hall–Kier alpha value is -2.82. The molecule has 0 atom stereocenters. The van der Waals surface area contributed by atoms with E-state index in [1.165, 1.54) is 0 Å². The summed E-state index contributed by atoms with van der Waals surface area (Å²) in [7, 11) is 0. The van der Waals surface area contributed by atoms with Gasteiger partial charge >= 0.3 is 0 Å². The van der Waals surface area contributed by atoms with Crippen molar-refractivity contribution in [1.82, 2.24) is 15.2 Å². The first kappa shape index (κ1) is 11.3. The standard InChI is InChI=1S/C14H12N4O/c15-11-8-4-7-10(12(11)19)14-16-13(17-18-14)9-5-2-1-3-6-9/h1-8,19H,15H2,(H,16,17,18). The minimum absolute atomic E-state index is 0.0123. The molecule has 0 aliphatic carbocycles. The van der Waals surface area contributed by atoms with Crippen molar-refractivity contribution < 1.29 is 5.11 Å². The predicted molar refractivity (Wildman–Crippen MR) is 73.3 cm³/mol. The summed E-state index contributed by atoms with van der Waals surface area (Å²) in [5, 5.41) is 16.9. The van der Waals surface area contributed by atoms with Crippen LogP contribution in [0.2, 0.25) is 0 Å². The van der Waals surface area contributed by atoms with Gasteiger partial charge < -0.3 is 10.8 Å². The molecule has 0 bridgehead atoms. The molecule has 1 aromatic heterocycles. The minimum Gasteiger partial charge on any atom is -0.505 e. The van der Waals surface area contributed by atoms with Crippen LogP contribution in [0.5, 0.6) is 5.75 Å². The van der Waals surface area contributed by atoms with E-state index in [-0.39, 0.29) is 5.75 Å². The summed E-state index contributed by atoms with van der Waals surface area (Å²) in [5.41, 5.74) is 7.43. The number of nitrogen functional groups attached to an aromatic ring is 1. The first-order chi connectivity index (χ1) is 9.25. The molecule has 0 saturated carbocycles. The Kier molecular flexibility index (Phi) is 2.64. The van der Waals surface area contributed by atoms with E-state index in [0.717, 1.165) is 5.56 Å². The summed E-state index contributed by atoms with van der Waals surface area (Å²) in [5.74, 6) is 1.08. The monoisotopic (exact) mass is 252 g/mol. The first-order valence-corrected chi connectivity index (χ1v) is 5.81. The summed E-state index contributed by atoms with van der Waals surface area (Å²) in [6, 6.07) is 14.7. The molecule has 94 valence electrons. The van der Waals surface area contributed by atoms with E-state index in [4.69, 9.17) is 5.73 Å². The fourth-order valence-corrected chi connectivity index (χ4v) is 1.85. The zero-order valence-electron chi connectivity index (χ0n) is 10.0. The number of aromatic hydroxyl groups is 1. The normalized spacial score (nSPS) is 10.5. The van der Waals surface area contributed by atoms with E-state index in [1.807, 2.05) is 30.3 Å². The van der Waals surface area contributed by atoms with Gasteiger partial charge in [-0.3, -0.25) is 5.10 Å². The van der Waals surface area contributed by atoms with Gasteiger partial charge in [0.25, 0.3) is 0 Å². The third-order valence-electron chi connectivity index (χ3n) is 2.84. The van der Waals surface area contributed by atoms with E-state index < -0.39 is 0 Å². The number of phenolic OH excluding ortho intramolecular Hbond substituents is 1. The van der Waals surface area contributed by atoms with Crippen LogP contribution in [0.1, 0.15) is 0 Å². The molecule has 5 heteroatoms. The molecule has 0 radical (unpaired) electrons. The summed E-state index contributed by atoms with van der Waals surface area (Å²) < 4.78 is 0. The fourth-order valence-electron chi connectivity index (χ4n) is 1.85. The average molecular weight is 252 g/mol. The second kappa shape index (κ2) is 4.45. The summed E-state index contributed by atoms with van der Waals surface area (Å²) in [4.78, 5) is 4.37. The zero-order chi connectivity index (χ0) is 13.2. The third kappa shape index (κ3) is 2.01. The van der Waals surface area contributed by atoms with Gasteiger partial charge in [0.1, 0.15) is 5.75 Å². The molecule has 0 saturated heterocycles. The van der Waals surface area contributed by atoms with Crippen LogP contribution in [0.25, 0.3) is 22.8 Å². The van der Waals surface area contributed by atoms with Crippen LogP contribution in [-0.2, 0) is 0 Å². The third-order valence-corrected chi connectivity index (χ3v) is 2.84. The molecule has 19 heavy (non-hydrogen) atoms. The molecule has 2 aromatic carbocycles. The number of anilines is 1. The predicted octanol–water partition coefficient (Wildman–Crippen LogP) is 2.43. The van der Waals surface area contributed by atoms with Crippen LogP contribution in [0.4, 0.5) is 5.69 Å². The van der Waals surface area contributed by atoms with Gasteiger partial charge in [0.2, 0.25) is 0 Å². The molecule has 0 aliphatic rings. The molecule has 1 heterocycles. The second-order valence-corrected chi connectivity index (χ2v) is 4.12.